The lowest BCUT2D eigenvalue weighted by molar-refractivity contribution is -0.257. The van der Waals surface area contributed by atoms with Crippen molar-refractivity contribution in [2.75, 3.05) is 13.7 Å². The molecular formula is C21H27NO10. The SMILES string of the molecule is COc1ccc(O[C@@H]2O[C@H](COC(C)=O)[C@@H](OC(C)=O)[C@H](OC(C)=O)C2NC(C)=O)cc1. The Morgan fingerprint density at radius 2 is 1.44 bits per heavy atom. The number of hydrogen-bond donors (Lipinski definition) is 1. The van der Waals surface area contributed by atoms with Crippen LogP contribution < -0.4 is 14.8 Å². The van der Waals surface area contributed by atoms with E-state index in [1.807, 2.05) is 0 Å². The van der Waals surface area contributed by atoms with Gasteiger partial charge in [-0.2, -0.15) is 0 Å². The number of carbonyl (C=O) groups is 4. The molecule has 1 amide bonds. The van der Waals surface area contributed by atoms with E-state index >= 15 is 0 Å². The van der Waals surface area contributed by atoms with E-state index in [4.69, 9.17) is 28.4 Å². The van der Waals surface area contributed by atoms with E-state index in [-0.39, 0.29) is 6.61 Å². The molecule has 1 saturated heterocycles. The largest absolute Gasteiger partial charge is 0.497 e. The first-order valence-corrected chi connectivity index (χ1v) is 9.81. The summed E-state index contributed by atoms with van der Waals surface area (Å²) in [5, 5.41) is 2.63. The molecule has 5 atom stereocenters. The molecular weight excluding hydrogens is 426 g/mol. The fourth-order valence-corrected chi connectivity index (χ4v) is 3.18. The van der Waals surface area contributed by atoms with Crippen LogP contribution in [0, 0.1) is 0 Å². The summed E-state index contributed by atoms with van der Waals surface area (Å²) in [5.41, 5.74) is 0. The van der Waals surface area contributed by atoms with Gasteiger partial charge in [0, 0.05) is 27.7 Å². The maximum atomic E-state index is 11.9. The Hall–Kier alpha value is -3.34. The van der Waals surface area contributed by atoms with Crippen LogP contribution in [0.1, 0.15) is 27.7 Å². The molecule has 0 bridgehead atoms. The van der Waals surface area contributed by atoms with Gasteiger partial charge >= 0.3 is 17.9 Å². The number of esters is 3. The number of methoxy groups -OCH3 is 1. The van der Waals surface area contributed by atoms with Crippen LogP contribution in [0.2, 0.25) is 0 Å². The zero-order chi connectivity index (χ0) is 23.8. The monoisotopic (exact) mass is 453 g/mol. The molecule has 0 radical (unpaired) electrons. The highest BCUT2D eigenvalue weighted by Gasteiger charge is 2.51. The van der Waals surface area contributed by atoms with Gasteiger partial charge in [0.05, 0.1) is 7.11 Å². The molecule has 2 rings (SSSR count). The van der Waals surface area contributed by atoms with Gasteiger partial charge in [-0.05, 0) is 24.3 Å². The van der Waals surface area contributed by atoms with E-state index < -0.39 is 54.5 Å². The van der Waals surface area contributed by atoms with Crippen molar-refractivity contribution in [3.8, 4) is 11.5 Å². The van der Waals surface area contributed by atoms with Crippen molar-refractivity contribution in [1.82, 2.24) is 5.32 Å². The standard InChI is InChI=1S/C21H27NO10/c1-11(23)22-18-20(30-14(4)26)19(29-13(3)25)17(10-28-12(2)24)32-21(18)31-16-8-6-15(27-5)7-9-16/h6-9,17-21H,10H2,1-5H3,(H,22,23)/t17-,18?,19-,20-,21-/m1/s1. The number of hydrogen-bond acceptors (Lipinski definition) is 10. The second-order valence-corrected chi connectivity index (χ2v) is 7.01. The third-order valence-electron chi connectivity index (χ3n) is 4.38. The second kappa shape index (κ2) is 11.3. The number of carbonyl (C=O) groups excluding carboxylic acids is 4. The molecule has 1 N–H and O–H groups in total. The van der Waals surface area contributed by atoms with Crippen LogP contribution in [0.15, 0.2) is 24.3 Å². The van der Waals surface area contributed by atoms with Gasteiger partial charge in [0.25, 0.3) is 0 Å². The molecule has 1 unspecified atom stereocenters. The lowest BCUT2D eigenvalue weighted by atomic mass is 9.96. The van der Waals surface area contributed by atoms with Gasteiger partial charge < -0.3 is 33.7 Å². The van der Waals surface area contributed by atoms with Gasteiger partial charge in [-0.3, -0.25) is 19.2 Å². The first kappa shape index (κ1) is 24.9. The number of rotatable bonds is 8. The smallest absolute Gasteiger partial charge is 0.303 e. The van der Waals surface area contributed by atoms with Crippen molar-refractivity contribution in [2.24, 2.45) is 0 Å². The molecule has 1 aliphatic rings. The van der Waals surface area contributed by atoms with Crippen molar-refractivity contribution in [3.63, 3.8) is 0 Å². The van der Waals surface area contributed by atoms with Crippen LogP contribution in [-0.2, 0) is 38.1 Å². The van der Waals surface area contributed by atoms with E-state index in [1.165, 1.54) is 34.8 Å². The first-order chi connectivity index (χ1) is 15.1. The summed E-state index contributed by atoms with van der Waals surface area (Å²) >= 11 is 0. The van der Waals surface area contributed by atoms with Gasteiger partial charge in [-0.15, -0.1) is 0 Å². The number of amides is 1. The van der Waals surface area contributed by atoms with Gasteiger partial charge in [0.1, 0.15) is 30.3 Å². The number of benzene rings is 1. The van der Waals surface area contributed by atoms with E-state index in [0.29, 0.717) is 11.5 Å². The Morgan fingerprint density at radius 1 is 0.875 bits per heavy atom. The fraction of sp³-hybridized carbons (Fsp3) is 0.524. The van der Waals surface area contributed by atoms with Crippen molar-refractivity contribution in [1.29, 1.82) is 0 Å². The van der Waals surface area contributed by atoms with E-state index in [9.17, 15) is 19.2 Å². The Balaban J connectivity index is 2.42. The van der Waals surface area contributed by atoms with Gasteiger partial charge in [-0.1, -0.05) is 0 Å². The Kier molecular flexibility index (Phi) is 8.82. The highest BCUT2D eigenvalue weighted by Crippen LogP contribution is 2.29. The zero-order valence-electron chi connectivity index (χ0n) is 18.5. The molecule has 0 aliphatic carbocycles. The molecule has 1 aromatic carbocycles. The minimum atomic E-state index is -1.18. The second-order valence-electron chi connectivity index (χ2n) is 7.01. The normalized spacial score (nSPS) is 24.6. The Morgan fingerprint density at radius 3 is 1.94 bits per heavy atom. The van der Waals surface area contributed by atoms with E-state index in [1.54, 1.807) is 24.3 Å². The number of ether oxygens (including phenoxy) is 6. The van der Waals surface area contributed by atoms with Crippen LogP contribution in [0.25, 0.3) is 0 Å². The third kappa shape index (κ3) is 7.12. The van der Waals surface area contributed by atoms with Gasteiger partial charge in [0.15, 0.2) is 12.2 Å². The van der Waals surface area contributed by atoms with Crippen LogP contribution in [0.5, 0.6) is 11.5 Å². The van der Waals surface area contributed by atoms with E-state index in [0.717, 1.165) is 0 Å². The maximum absolute atomic E-state index is 11.9. The minimum Gasteiger partial charge on any atom is -0.497 e. The minimum absolute atomic E-state index is 0.305. The van der Waals surface area contributed by atoms with E-state index in [2.05, 4.69) is 5.32 Å². The summed E-state index contributed by atoms with van der Waals surface area (Å²) in [5.74, 6) is -1.45. The van der Waals surface area contributed by atoms with Crippen LogP contribution in [0.3, 0.4) is 0 Å². The first-order valence-electron chi connectivity index (χ1n) is 9.81. The number of nitrogens with one attached hydrogen (secondary N) is 1. The topological polar surface area (TPSA) is 136 Å². The van der Waals surface area contributed by atoms with Gasteiger partial charge in [-0.25, -0.2) is 0 Å². The molecule has 1 aromatic rings. The molecule has 11 heteroatoms. The molecule has 176 valence electrons. The van der Waals surface area contributed by atoms with Crippen LogP contribution in [0.4, 0.5) is 0 Å². The predicted octanol–water partition coefficient (Wildman–Crippen LogP) is 0.730. The molecule has 1 fully saturated rings. The molecule has 32 heavy (non-hydrogen) atoms. The Labute approximate surface area is 185 Å². The summed E-state index contributed by atoms with van der Waals surface area (Å²) in [7, 11) is 1.52. The highest BCUT2D eigenvalue weighted by molar-refractivity contribution is 5.73. The Bertz CT molecular complexity index is 824. The lowest BCUT2D eigenvalue weighted by Crippen LogP contribution is -2.67. The quantitative estimate of drug-likeness (QED) is 0.443. The third-order valence-corrected chi connectivity index (χ3v) is 4.38. The molecule has 11 nitrogen and oxygen atoms in total. The lowest BCUT2D eigenvalue weighted by Gasteiger charge is -2.44. The summed E-state index contributed by atoms with van der Waals surface area (Å²) in [4.78, 5) is 46.8. The maximum Gasteiger partial charge on any atom is 0.303 e. The molecule has 0 aromatic heterocycles. The van der Waals surface area contributed by atoms with Crippen molar-refractivity contribution in [3.05, 3.63) is 24.3 Å². The summed E-state index contributed by atoms with van der Waals surface area (Å²) in [6.07, 6.45) is -4.58. The molecule has 1 heterocycles. The summed E-state index contributed by atoms with van der Waals surface area (Å²) in [6.45, 7) is 4.51. The summed E-state index contributed by atoms with van der Waals surface area (Å²) in [6, 6.07) is 5.51. The zero-order valence-corrected chi connectivity index (χ0v) is 18.5. The average Bonchev–Trinajstić information content (AvgIpc) is 2.70. The van der Waals surface area contributed by atoms with Gasteiger partial charge in [0.2, 0.25) is 12.2 Å². The molecule has 1 aliphatic heterocycles. The highest BCUT2D eigenvalue weighted by atomic mass is 16.7. The van der Waals surface area contributed by atoms with Crippen molar-refractivity contribution < 1.29 is 47.6 Å². The predicted molar refractivity (Wildman–Crippen MR) is 108 cm³/mol. The fourth-order valence-electron chi connectivity index (χ4n) is 3.18. The summed E-state index contributed by atoms with van der Waals surface area (Å²) < 4.78 is 32.7. The van der Waals surface area contributed by atoms with Crippen molar-refractivity contribution >= 4 is 23.8 Å². The molecule has 0 spiro atoms. The average molecular weight is 453 g/mol. The van der Waals surface area contributed by atoms with Crippen LogP contribution >= 0.6 is 0 Å². The van der Waals surface area contributed by atoms with Crippen LogP contribution in [-0.4, -0.2) is 68.2 Å². The van der Waals surface area contributed by atoms with Crippen molar-refractivity contribution in [2.45, 2.75) is 58.3 Å². The molecule has 0 saturated carbocycles.